The van der Waals surface area contributed by atoms with Gasteiger partial charge in [0.25, 0.3) is 0 Å². The molecule has 0 amide bonds. The van der Waals surface area contributed by atoms with Gasteiger partial charge in [0.2, 0.25) is 0 Å². The van der Waals surface area contributed by atoms with Gasteiger partial charge in [-0.2, -0.15) is 0 Å². The summed E-state index contributed by atoms with van der Waals surface area (Å²) in [5, 5.41) is -0.364. The highest BCUT2D eigenvalue weighted by Gasteiger charge is 2.15. The molecular formula is C13H21NO3S. The zero-order valence-corrected chi connectivity index (χ0v) is 11.9. The van der Waals surface area contributed by atoms with Crippen LogP contribution in [0.2, 0.25) is 0 Å². The zero-order valence-electron chi connectivity index (χ0n) is 11.1. The van der Waals surface area contributed by atoms with Crippen molar-refractivity contribution in [3.8, 4) is 5.75 Å². The number of benzene rings is 1. The molecule has 0 heterocycles. The molecule has 18 heavy (non-hydrogen) atoms. The van der Waals surface area contributed by atoms with Crippen molar-refractivity contribution in [2.24, 2.45) is 5.73 Å². The van der Waals surface area contributed by atoms with Gasteiger partial charge in [-0.1, -0.05) is 12.1 Å². The van der Waals surface area contributed by atoms with E-state index in [-0.39, 0.29) is 23.7 Å². The summed E-state index contributed by atoms with van der Waals surface area (Å²) in [5.41, 5.74) is 6.74. The van der Waals surface area contributed by atoms with E-state index in [1.807, 2.05) is 25.1 Å². The summed E-state index contributed by atoms with van der Waals surface area (Å²) < 4.78 is 28.6. The molecule has 0 saturated heterocycles. The monoisotopic (exact) mass is 271 g/mol. The second kappa shape index (κ2) is 6.20. The van der Waals surface area contributed by atoms with Gasteiger partial charge >= 0.3 is 0 Å². The minimum absolute atomic E-state index is 0.0348. The molecule has 0 fully saturated rings. The third-order valence-corrected chi connectivity index (χ3v) is 4.91. The quantitative estimate of drug-likeness (QED) is 0.858. The molecule has 0 aromatic heterocycles. The van der Waals surface area contributed by atoms with Crippen molar-refractivity contribution in [1.29, 1.82) is 0 Å². The lowest BCUT2D eigenvalue weighted by atomic mass is 10.1. The molecule has 5 heteroatoms. The smallest absolute Gasteiger partial charge is 0.155 e. The molecule has 1 atom stereocenters. The fraction of sp³-hybridized carbons (Fsp3) is 0.538. The molecular weight excluding hydrogens is 250 g/mol. The summed E-state index contributed by atoms with van der Waals surface area (Å²) in [4.78, 5) is 0. The van der Waals surface area contributed by atoms with Gasteiger partial charge in [-0.15, -0.1) is 0 Å². The molecule has 0 bridgehead atoms. The highest BCUT2D eigenvalue weighted by molar-refractivity contribution is 7.91. The van der Waals surface area contributed by atoms with Crippen molar-refractivity contribution in [3.63, 3.8) is 0 Å². The molecule has 0 aliphatic heterocycles. The van der Waals surface area contributed by atoms with E-state index in [4.69, 9.17) is 10.5 Å². The minimum atomic E-state index is -3.04. The molecule has 0 aliphatic rings. The first-order valence-corrected chi connectivity index (χ1v) is 7.74. The number of hydrogen-bond donors (Lipinski definition) is 1. The normalized spacial score (nSPS) is 13.6. The first-order chi connectivity index (χ1) is 8.33. The van der Waals surface area contributed by atoms with E-state index in [2.05, 4.69) is 0 Å². The summed E-state index contributed by atoms with van der Waals surface area (Å²) in [6.07, 6.45) is 0. The predicted molar refractivity (Wildman–Crippen MR) is 73.5 cm³/mol. The average Bonchev–Trinajstić information content (AvgIpc) is 2.29. The van der Waals surface area contributed by atoms with Gasteiger partial charge in [-0.3, -0.25) is 0 Å². The van der Waals surface area contributed by atoms with Gasteiger partial charge in [-0.05, 0) is 38.5 Å². The van der Waals surface area contributed by atoms with Crippen molar-refractivity contribution < 1.29 is 13.2 Å². The van der Waals surface area contributed by atoms with Gasteiger partial charge in [0, 0.05) is 6.04 Å². The van der Waals surface area contributed by atoms with Crippen molar-refractivity contribution in [2.75, 3.05) is 12.4 Å². The van der Waals surface area contributed by atoms with Gasteiger partial charge < -0.3 is 10.5 Å². The Labute approximate surface area is 109 Å². The van der Waals surface area contributed by atoms with Gasteiger partial charge in [0.15, 0.2) is 9.84 Å². The Morgan fingerprint density at radius 3 is 2.50 bits per heavy atom. The second-order valence-corrected chi connectivity index (χ2v) is 7.30. The maximum atomic E-state index is 11.6. The largest absolute Gasteiger partial charge is 0.493 e. The number of sulfone groups is 1. The Hall–Kier alpha value is -1.07. The van der Waals surface area contributed by atoms with Crippen molar-refractivity contribution in [1.82, 2.24) is 0 Å². The molecule has 1 aromatic carbocycles. The first-order valence-electron chi connectivity index (χ1n) is 6.03. The Bertz CT molecular complexity index is 481. The van der Waals surface area contributed by atoms with Crippen LogP contribution in [0.3, 0.4) is 0 Å². The topological polar surface area (TPSA) is 69.4 Å². The van der Waals surface area contributed by atoms with Crippen LogP contribution >= 0.6 is 0 Å². The number of nitrogens with two attached hydrogens (primary N) is 1. The number of ether oxygens (including phenoxy) is 1. The minimum Gasteiger partial charge on any atom is -0.493 e. The summed E-state index contributed by atoms with van der Waals surface area (Å²) in [6, 6.07) is 7.35. The zero-order chi connectivity index (χ0) is 13.8. The fourth-order valence-electron chi connectivity index (χ4n) is 1.40. The molecule has 0 unspecified atom stereocenters. The Morgan fingerprint density at radius 2 is 1.94 bits per heavy atom. The van der Waals surface area contributed by atoms with Crippen LogP contribution in [0.1, 0.15) is 32.4 Å². The molecule has 102 valence electrons. The van der Waals surface area contributed by atoms with Crippen molar-refractivity contribution >= 4 is 9.84 Å². The van der Waals surface area contributed by atoms with E-state index >= 15 is 0 Å². The predicted octanol–water partition coefficient (Wildman–Crippen LogP) is 1.91. The molecule has 0 aliphatic carbocycles. The molecule has 0 spiro atoms. The maximum absolute atomic E-state index is 11.6. The van der Waals surface area contributed by atoms with E-state index in [0.717, 1.165) is 5.56 Å². The molecule has 0 saturated carbocycles. The van der Waals surface area contributed by atoms with E-state index in [1.165, 1.54) is 0 Å². The van der Waals surface area contributed by atoms with Crippen LogP contribution in [0, 0.1) is 0 Å². The summed E-state index contributed by atoms with van der Waals surface area (Å²) in [5.74, 6) is 0.691. The van der Waals surface area contributed by atoms with Crippen LogP contribution in [0.4, 0.5) is 0 Å². The van der Waals surface area contributed by atoms with Crippen LogP contribution in [-0.2, 0) is 9.84 Å². The first kappa shape index (κ1) is 15.0. The van der Waals surface area contributed by atoms with Crippen LogP contribution in [0.15, 0.2) is 24.3 Å². The lowest BCUT2D eigenvalue weighted by Crippen LogP contribution is -2.22. The molecule has 4 nitrogen and oxygen atoms in total. The standard InChI is InChI=1S/C13H21NO3S/c1-10(2)18(15,16)8-7-17-13-6-4-5-12(9-13)11(3)14/h4-6,9-11H,7-8,14H2,1-3H3/t11-/m0/s1. The summed E-state index contributed by atoms with van der Waals surface area (Å²) in [7, 11) is -3.04. The SMILES string of the molecule is CC(C)S(=O)(=O)CCOc1cccc([C@H](C)N)c1. The van der Waals surface area contributed by atoms with Crippen molar-refractivity contribution in [3.05, 3.63) is 29.8 Å². The van der Waals surface area contributed by atoms with Crippen LogP contribution in [-0.4, -0.2) is 26.0 Å². The molecule has 1 rings (SSSR count). The number of hydrogen-bond acceptors (Lipinski definition) is 4. The Morgan fingerprint density at radius 1 is 1.28 bits per heavy atom. The second-order valence-electron chi connectivity index (χ2n) is 4.63. The molecule has 0 radical (unpaired) electrons. The van der Waals surface area contributed by atoms with Crippen LogP contribution in [0.5, 0.6) is 5.75 Å². The summed E-state index contributed by atoms with van der Waals surface area (Å²) in [6.45, 7) is 5.41. The van der Waals surface area contributed by atoms with Gasteiger partial charge in [0.1, 0.15) is 12.4 Å². The van der Waals surface area contributed by atoms with Crippen LogP contribution < -0.4 is 10.5 Å². The Kier molecular flexibility index (Phi) is 5.16. The van der Waals surface area contributed by atoms with Gasteiger partial charge in [0.05, 0.1) is 11.0 Å². The van der Waals surface area contributed by atoms with Gasteiger partial charge in [-0.25, -0.2) is 8.42 Å². The molecule has 1 aromatic rings. The maximum Gasteiger partial charge on any atom is 0.155 e. The van der Waals surface area contributed by atoms with Crippen LogP contribution in [0.25, 0.3) is 0 Å². The van der Waals surface area contributed by atoms with E-state index in [0.29, 0.717) is 5.75 Å². The third-order valence-electron chi connectivity index (χ3n) is 2.74. The number of rotatable bonds is 6. The molecule has 2 N–H and O–H groups in total. The fourth-order valence-corrected chi connectivity index (χ4v) is 2.19. The Balaban J connectivity index is 2.57. The highest BCUT2D eigenvalue weighted by Crippen LogP contribution is 2.17. The van der Waals surface area contributed by atoms with E-state index in [1.54, 1.807) is 19.9 Å². The lowest BCUT2D eigenvalue weighted by molar-refractivity contribution is 0.340. The average molecular weight is 271 g/mol. The van der Waals surface area contributed by atoms with E-state index in [9.17, 15) is 8.42 Å². The summed E-state index contributed by atoms with van der Waals surface area (Å²) >= 11 is 0. The lowest BCUT2D eigenvalue weighted by Gasteiger charge is -2.11. The highest BCUT2D eigenvalue weighted by atomic mass is 32.2. The van der Waals surface area contributed by atoms with E-state index < -0.39 is 9.84 Å². The third kappa shape index (κ3) is 4.31. The van der Waals surface area contributed by atoms with Crippen molar-refractivity contribution in [2.45, 2.75) is 32.1 Å².